The Bertz CT molecular complexity index is 1880. The number of nitrogen functional groups attached to an aromatic ring is 1. The largest absolute Gasteiger partial charge is 0.383 e. The zero-order valence-corrected chi connectivity index (χ0v) is 19.5. The number of benzene rings is 2. The van der Waals surface area contributed by atoms with Crippen molar-refractivity contribution >= 4 is 39.3 Å². The van der Waals surface area contributed by atoms with E-state index in [1.807, 2.05) is 0 Å². The lowest BCUT2D eigenvalue weighted by molar-refractivity contribution is 0.628. The van der Waals surface area contributed by atoms with Gasteiger partial charge in [-0.25, -0.2) is 23.7 Å². The molecule has 0 aliphatic heterocycles. The number of aromatic nitrogens is 5. The summed E-state index contributed by atoms with van der Waals surface area (Å²) in [6.45, 7) is 0. The SMILES string of the molecule is Cn1cc(-c2ccc(Nc3nccc4[nH]cc(-c5ccc(F)cc5)c(=O)c34)cc2F)c2c(N)ncnc21. The monoisotopic (exact) mass is 495 g/mol. The quantitative estimate of drug-likeness (QED) is 0.312. The van der Waals surface area contributed by atoms with Gasteiger partial charge in [-0.3, -0.25) is 4.79 Å². The number of H-pyrrole nitrogens is 1. The number of fused-ring (bicyclic) bond motifs is 2. The van der Waals surface area contributed by atoms with Gasteiger partial charge in [0.25, 0.3) is 0 Å². The second kappa shape index (κ2) is 8.52. The summed E-state index contributed by atoms with van der Waals surface area (Å²) >= 11 is 0. The first kappa shape index (κ1) is 22.4. The van der Waals surface area contributed by atoms with E-state index < -0.39 is 11.6 Å². The van der Waals surface area contributed by atoms with Crippen molar-refractivity contribution in [3.05, 3.63) is 95.3 Å². The van der Waals surface area contributed by atoms with Crippen molar-refractivity contribution < 1.29 is 8.78 Å². The van der Waals surface area contributed by atoms with Crippen molar-refractivity contribution in [1.82, 2.24) is 24.5 Å². The molecular weight excluding hydrogens is 476 g/mol. The highest BCUT2D eigenvalue weighted by Crippen LogP contribution is 2.35. The number of nitrogens with zero attached hydrogens (tertiary/aromatic N) is 4. The van der Waals surface area contributed by atoms with Gasteiger partial charge in [-0.1, -0.05) is 12.1 Å². The number of pyridine rings is 2. The van der Waals surface area contributed by atoms with Gasteiger partial charge in [0.2, 0.25) is 5.43 Å². The van der Waals surface area contributed by atoms with Gasteiger partial charge in [-0.05, 0) is 42.0 Å². The molecule has 0 unspecified atom stereocenters. The first-order chi connectivity index (χ1) is 17.9. The third kappa shape index (κ3) is 3.75. The minimum Gasteiger partial charge on any atom is -0.383 e. The van der Waals surface area contributed by atoms with Gasteiger partial charge < -0.3 is 20.6 Å². The van der Waals surface area contributed by atoms with Crippen molar-refractivity contribution in [1.29, 1.82) is 0 Å². The van der Waals surface area contributed by atoms with E-state index in [0.29, 0.717) is 49.9 Å². The zero-order chi connectivity index (χ0) is 25.7. The van der Waals surface area contributed by atoms with E-state index in [-0.39, 0.29) is 17.1 Å². The highest BCUT2D eigenvalue weighted by atomic mass is 19.1. The number of aromatic amines is 1. The lowest BCUT2D eigenvalue weighted by atomic mass is 10.0. The highest BCUT2D eigenvalue weighted by molar-refractivity contribution is 6.01. The minimum atomic E-state index is -0.498. The molecule has 0 aliphatic rings. The Hall–Kier alpha value is -5.12. The zero-order valence-electron chi connectivity index (χ0n) is 19.5. The first-order valence-electron chi connectivity index (χ1n) is 11.3. The molecule has 0 atom stereocenters. The fourth-order valence-electron chi connectivity index (χ4n) is 4.49. The van der Waals surface area contributed by atoms with E-state index in [0.717, 1.165) is 0 Å². The topological polar surface area (TPSA) is 115 Å². The van der Waals surface area contributed by atoms with Crippen LogP contribution in [0.2, 0.25) is 0 Å². The fraction of sp³-hybridized carbons (Fsp3) is 0.0370. The number of rotatable bonds is 4. The summed E-state index contributed by atoms with van der Waals surface area (Å²) in [7, 11) is 1.80. The van der Waals surface area contributed by atoms with Crippen molar-refractivity contribution in [2.75, 3.05) is 11.1 Å². The molecular formula is C27H19F2N7O. The number of anilines is 3. The Balaban J connectivity index is 1.41. The molecule has 6 aromatic rings. The molecule has 0 aliphatic carbocycles. The first-order valence-corrected chi connectivity index (χ1v) is 11.3. The van der Waals surface area contributed by atoms with Gasteiger partial charge in [-0.15, -0.1) is 0 Å². The normalized spacial score (nSPS) is 11.3. The van der Waals surface area contributed by atoms with Gasteiger partial charge in [0.1, 0.15) is 35.2 Å². The average Bonchev–Trinajstić information content (AvgIpc) is 3.22. The van der Waals surface area contributed by atoms with E-state index in [9.17, 15) is 9.18 Å². The summed E-state index contributed by atoms with van der Waals surface area (Å²) in [5, 5.41) is 3.93. The Kier molecular flexibility index (Phi) is 5.15. The van der Waals surface area contributed by atoms with Gasteiger partial charge in [-0.2, -0.15) is 0 Å². The maximum Gasteiger partial charge on any atom is 0.200 e. The predicted octanol–water partition coefficient (Wildman–Crippen LogP) is 5.14. The van der Waals surface area contributed by atoms with Crippen LogP contribution < -0.4 is 16.5 Å². The molecule has 182 valence electrons. The molecule has 6 rings (SSSR count). The minimum absolute atomic E-state index is 0.262. The van der Waals surface area contributed by atoms with Crippen LogP contribution in [0.5, 0.6) is 0 Å². The average molecular weight is 495 g/mol. The smallest absolute Gasteiger partial charge is 0.200 e. The third-order valence-corrected chi connectivity index (χ3v) is 6.25. The van der Waals surface area contributed by atoms with Crippen LogP contribution in [-0.2, 0) is 7.05 Å². The van der Waals surface area contributed by atoms with Crippen molar-refractivity contribution in [2.45, 2.75) is 0 Å². The molecule has 0 fully saturated rings. The van der Waals surface area contributed by atoms with Gasteiger partial charge in [0.05, 0.1) is 16.3 Å². The molecule has 4 aromatic heterocycles. The Morgan fingerprint density at radius 2 is 1.76 bits per heavy atom. The number of nitrogens with two attached hydrogens (primary N) is 1. The lowest BCUT2D eigenvalue weighted by Crippen LogP contribution is -2.10. The molecule has 8 nitrogen and oxygen atoms in total. The maximum atomic E-state index is 15.4. The fourth-order valence-corrected chi connectivity index (χ4v) is 4.49. The van der Waals surface area contributed by atoms with E-state index in [4.69, 9.17) is 5.73 Å². The Morgan fingerprint density at radius 3 is 2.54 bits per heavy atom. The Morgan fingerprint density at radius 1 is 0.946 bits per heavy atom. The van der Waals surface area contributed by atoms with Crippen LogP contribution >= 0.6 is 0 Å². The number of nitrogens with one attached hydrogen (secondary N) is 2. The molecule has 2 aromatic carbocycles. The van der Waals surface area contributed by atoms with Crippen LogP contribution in [0.1, 0.15) is 0 Å². The number of hydrogen-bond acceptors (Lipinski definition) is 6. The second-order valence-corrected chi connectivity index (χ2v) is 8.55. The molecule has 0 saturated carbocycles. The third-order valence-electron chi connectivity index (χ3n) is 6.25. The van der Waals surface area contributed by atoms with Crippen LogP contribution in [-0.4, -0.2) is 24.5 Å². The van der Waals surface area contributed by atoms with Gasteiger partial charge in [0.15, 0.2) is 0 Å². The summed E-state index contributed by atoms with van der Waals surface area (Å²) in [5.41, 5.74) is 9.15. The molecule has 4 heterocycles. The van der Waals surface area contributed by atoms with Crippen LogP contribution in [0.4, 0.5) is 26.1 Å². The summed E-state index contributed by atoms with van der Waals surface area (Å²) in [5.74, 6) is -0.368. The molecule has 0 amide bonds. The van der Waals surface area contributed by atoms with Crippen LogP contribution in [0.25, 0.3) is 44.2 Å². The van der Waals surface area contributed by atoms with E-state index in [2.05, 4.69) is 25.3 Å². The van der Waals surface area contributed by atoms with E-state index in [1.165, 1.54) is 36.7 Å². The molecule has 0 saturated heterocycles. The van der Waals surface area contributed by atoms with Crippen LogP contribution in [0.3, 0.4) is 0 Å². The summed E-state index contributed by atoms with van der Waals surface area (Å²) in [6, 6.07) is 12.0. The van der Waals surface area contributed by atoms with Gasteiger partial charge in [0, 0.05) is 48.0 Å². The van der Waals surface area contributed by atoms with E-state index >= 15 is 4.39 Å². The van der Waals surface area contributed by atoms with Crippen molar-refractivity contribution in [3.8, 4) is 22.3 Å². The summed E-state index contributed by atoms with van der Waals surface area (Å²) in [4.78, 5) is 29.1. The highest BCUT2D eigenvalue weighted by Gasteiger charge is 2.18. The lowest BCUT2D eigenvalue weighted by Gasteiger charge is -2.11. The Labute approximate surface area is 208 Å². The van der Waals surface area contributed by atoms with Crippen LogP contribution in [0, 0.1) is 11.6 Å². The molecule has 4 N–H and O–H groups in total. The second-order valence-electron chi connectivity index (χ2n) is 8.55. The predicted molar refractivity (Wildman–Crippen MR) is 139 cm³/mol. The summed E-state index contributed by atoms with van der Waals surface area (Å²) in [6.07, 6.45) is 6.24. The van der Waals surface area contributed by atoms with Gasteiger partial charge >= 0.3 is 0 Å². The standard InChI is InChI=1S/C27H19F2N7O/c1-36-12-19(22-25(30)33-13-34-27(22)36)17-7-6-16(10-20(17)29)35-26-23-21(8-9-31-26)32-11-18(24(23)37)14-2-4-15(28)5-3-14/h2-13H,1H3,(H,31,35)(H,32,37)(H2,30,33,34). The molecule has 10 heteroatoms. The molecule has 37 heavy (non-hydrogen) atoms. The maximum absolute atomic E-state index is 15.4. The molecule has 0 spiro atoms. The summed E-state index contributed by atoms with van der Waals surface area (Å²) < 4.78 is 30.5. The number of halogens is 2. The number of aryl methyl sites for hydroxylation is 1. The number of hydrogen-bond donors (Lipinski definition) is 3. The van der Waals surface area contributed by atoms with Crippen molar-refractivity contribution in [2.24, 2.45) is 7.05 Å². The van der Waals surface area contributed by atoms with E-state index in [1.54, 1.807) is 48.4 Å². The van der Waals surface area contributed by atoms with Crippen LogP contribution in [0.15, 0.2) is 78.2 Å². The molecule has 0 bridgehead atoms. The molecule has 0 radical (unpaired) electrons. The van der Waals surface area contributed by atoms with Crippen molar-refractivity contribution in [3.63, 3.8) is 0 Å².